The summed E-state index contributed by atoms with van der Waals surface area (Å²) in [5, 5.41) is 0. The van der Waals surface area contributed by atoms with Gasteiger partial charge in [0.25, 0.3) is 0 Å². The number of pyridine rings is 7. The predicted molar refractivity (Wildman–Crippen MR) is 466 cm³/mol. The average Bonchev–Trinajstić information content (AvgIpc) is 0.784. The van der Waals surface area contributed by atoms with E-state index in [4.69, 9.17) is 12.3 Å². The molecule has 0 fully saturated rings. The zero-order valence-electron chi connectivity index (χ0n) is 79.2. The number of rotatable bonds is 8. The topological polar surface area (TPSA) is 27.2 Å². The van der Waals surface area contributed by atoms with Gasteiger partial charge in [0.1, 0.15) is 49.3 Å². The zero-order valence-corrected chi connectivity index (χ0v) is 70.2. The Morgan fingerprint density at radius 3 is 1.04 bits per heavy atom. The van der Waals surface area contributed by atoms with Crippen molar-refractivity contribution in [3.63, 3.8) is 0 Å². The molecule has 0 N–H and O–H groups in total. The fourth-order valence-electron chi connectivity index (χ4n) is 14.2. The van der Waals surface area contributed by atoms with Crippen LogP contribution in [0.3, 0.4) is 0 Å². The van der Waals surface area contributed by atoms with Gasteiger partial charge in [0.15, 0.2) is 43.4 Å². The summed E-state index contributed by atoms with van der Waals surface area (Å²) in [6.07, 6.45) is 14.8. The smallest absolute Gasteiger partial charge is 0.201 e. The summed E-state index contributed by atoms with van der Waals surface area (Å²) in [6, 6.07) is 77.3. The predicted octanol–water partition coefficient (Wildman–Crippen LogP) is 21.4. The van der Waals surface area contributed by atoms with Gasteiger partial charge >= 0.3 is 0 Å². The van der Waals surface area contributed by atoms with E-state index in [0.29, 0.717) is 16.7 Å². The van der Waals surface area contributed by atoms with Crippen molar-refractivity contribution in [1.82, 2.24) is 0 Å². The second kappa shape index (κ2) is 39.8. The Bertz CT molecular complexity index is 5870. The van der Waals surface area contributed by atoms with Crippen LogP contribution in [0.5, 0.6) is 0 Å². The molecule has 14 rings (SSSR count). The monoisotopic (exact) mass is 1480 g/mol. The molecule has 7 heteroatoms. The normalized spacial score (nSPS) is 12.0. The van der Waals surface area contributed by atoms with Crippen molar-refractivity contribution in [2.45, 2.75) is 138 Å². The lowest BCUT2D eigenvalue weighted by Gasteiger charge is -2.10. The van der Waals surface area contributed by atoms with Crippen molar-refractivity contribution in [2.24, 2.45) is 49.3 Å². The minimum atomic E-state index is -2.07. The van der Waals surface area contributed by atoms with Crippen molar-refractivity contribution in [3.05, 3.63) is 374 Å². The molecule has 0 saturated heterocycles. The maximum Gasteiger partial charge on any atom is 0.215 e. The van der Waals surface area contributed by atoms with Gasteiger partial charge in [0, 0.05) is 132 Å². The molecule has 0 unspecified atom stereocenters. The molecule has 111 heavy (non-hydrogen) atoms. The van der Waals surface area contributed by atoms with Gasteiger partial charge in [-0.15, -0.1) is 0 Å². The lowest BCUT2D eigenvalue weighted by Crippen LogP contribution is -2.33. The number of nitrogens with zero attached hydrogens (tertiary/aromatic N) is 7. The van der Waals surface area contributed by atoms with Crippen LogP contribution < -0.4 is 32.0 Å². The molecule has 7 aromatic carbocycles. The first-order chi connectivity index (χ1) is 56.5. The van der Waals surface area contributed by atoms with Crippen molar-refractivity contribution < 1.29 is 44.3 Å². The Morgan fingerprint density at radius 1 is 0.225 bits per heavy atom. The molecule has 0 saturated carbocycles. The maximum absolute atomic E-state index is 7.64. The first-order valence-electron chi connectivity index (χ1n) is 42.9. The Labute approximate surface area is 680 Å². The van der Waals surface area contributed by atoms with Gasteiger partial charge in [-0.2, -0.15) is 0 Å². The van der Waals surface area contributed by atoms with Gasteiger partial charge < -0.3 is 0 Å². The molecular weight excluding hydrogens is 1350 g/mol. The highest BCUT2D eigenvalue weighted by Crippen LogP contribution is 2.30. The SMILES string of the molecule is CCc1ccc(-c2ccccc2C)[n+](C)c1.Cc1cc[n+](C)c(-c2ccccc2C)c1.Cc1ccccc1-c1c(C)c(C)cc[n+]1C.Cc1ccccc1-c1c(C)ccc[n+]1C.[2H]C([2H])([2H])c1c[n+](C)c(-c2ccccc2C)c(C)c1C.[2H]C([2H])([2H])c1c[n+](C)c(-c2ccccc2C)cc1C.[2H]C([2H])([2H])c1cc(C)c(-c2ccccc2C)[n+](C)c1. The minimum Gasteiger partial charge on any atom is -0.201 e. The second-order valence-corrected chi connectivity index (χ2v) is 29.5. The van der Waals surface area contributed by atoms with Crippen LogP contribution in [0.2, 0.25) is 0 Å². The molecule has 0 amide bonds. The summed E-state index contributed by atoms with van der Waals surface area (Å²) in [5.41, 5.74) is 37.4. The first kappa shape index (κ1) is 72.5. The number of hydrogen-bond acceptors (Lipinski definition) is 0. The van der Waals surface area contributed by atoms with Crippen LogP contribution in [0.4, 0.5) is 0 Å². The summed E-state index contributed by atoms with van der Waals surface area (Å²) in [5.74, 6) is 0. The van der Waals surface area contributed by atoms with E-state index >= 15 is 0 Å². The van der Waals surface area contributed by atoms with Crippen LogP contribution >= 0.6 is 0 Å². The van der Waals surface area contributed by atoms with E-state index < -0.39 is 20.6 Å². The standard InChI is InChI=1S/C16H20N.4C15H18N.2C14H16N/c1-11-8-6-7-9-15(11)16-14(4)13(3)12(2)10-17(16)5;1-11-9-13(3)15(16(4)10-11)14-8-6-5-7-12(14)2;1-11-7-5-6-8-14(11)15-9-12(2)13(3)10-16(15)4;1-11-9-10-16(4)15(13(11)3)14-8-6-5-7-12(14)2;1-4-13-9-10-15(16(3)11-13)14-8-6-5-7-12(14)2;1-11-7-4-5-9-13(11)14-12(2)8-6-10-15(14)3;1-11-8-9-15(3)14(10-11)13-7-5-4-6-12(13)2/h6-10H,1-5H3;3*5-10H,1-4H3;5-11H,4H2,1-3H3;2*4-10H,1-3H3/q7*+1/i2D3;1D3;3D3;;;;. The van der Waals surface area contributed by atoms with Gasteiger partial charge in [-0.3, -0.25) is 0 Å². The van der Waals surface area contributed by atoms with Crippen molar-refractivity contribution in [2.75, 3.05) is 0 Å². The molecule has 568 valence electrons. The fourth-order valence-corrected chi connectivity index (χ4v) is 14.2. The largest absolute Gasteiger partial charge is 0.215 e. The van der Waals surface area contributed by atoms with Crippen molar-refractivity contribution in [1.29, 1.82) is 0 Å². The molecule has 0 bridgehead atoms. The summed E-state index contributed by atoms with van der Waals surface area (Å²) in [4.78, 5) is 0. The molecule has 0 atom stereocenters. The maximum atomic E-state index is 7.64. The number of hydrogen-bond donors (Lipinski definition) is 0. The zero-order chi connectivity index (χ0) is 88.4. The molecule has 0 radical (unpaired) electrons. The molecular formula is C104H124N7+7. The molecule has 7 aromatic heterocycles. The van der Waals surface area contributed by atoms with Crippen LogP contribution in [0, 0.1) is 124 Å². The molecule has 0 aliphatic carbocycles. The average molecular weight is 1480 g/mol. The van der Waals surface area contributed by atoms with Gasteiger partial charge in [0.2, 0.25) is 39.9 Å². The Kier molecular flexibility index (Phi) is 26.0. The van der Waals surface area contributed by atoms with Gasteiger partial charge in [-0.05, 0) is 253 Å². The number of aromatic nitrogens is 7. The van der Waals surface area contributed by atoms with Crippen LogP contribution in [0.15, 0.2) is 268 Å². The Balaban J connectivity index is 0.000000175. The van der Waals surface area contributed by atoms with E-state index in [9.17, 15) is 0 Å². The summed E-state index contributed by atoms with van der Waals surface area (Å²) in [7, 11) is 14.1. The lowest BCUT2D eigenvalue weighted by atomic mass is 9.97. The van der Waals surface area contributed by atoms with E-state index in [0.717, 1.165) is 62.4 Å². The summed E-state index contributed by atoms with van der Waals surface area (Å²) < 4.78 is 82.5. The quantitative estimate of drug-likeness (QED) is 0.136. The molecule has 0 spiro atoms. The van der Waals surface area contributed by atoms with Gasteiger partial charge in [-0.25, -0.2) is 32.0 Å². The lowest BCUT2D eigenvalue weighted by molar-refractivity contribution is -0.661. The third kappa shape index (κ3) is 22.0. The Hall–Kier alpha value is -11.4. The third-order valence-corrected chi connectivity index (χ3v) is 20.9. The summed E-state index contributed by atoms with van der Waals surface area (Å²) in [6.45, 7) is 27.1. The third-order valence-electron chi connectivity index (χ3n) is 20.9. The highest BCUT2D eigenvalue weighted by Gasteiger charge is 2.22. The Morgan fingerprint density at radius 2 is 0.604 bits per heavy atom. The highest BCUT2D eigenvalue weighted by atomic mass is 15.0. The van der Waals surface area contributed by atoms with Crippen LogP contribution in [0.25, 0.3) is 78.8 Å². The highest BCUT2D eigenvalue weighted by molar-refractivity contribution is 5.69. The second-order valence-electron chi connectivity index (χ2n) is 29.5. The molecule has 0 aliphatic heterocycles. The van der Waals surface area contributed by atoms with Crippen molar-refractivity contribution in [3.8, 4) is 78.8 Å². The van der Waals surface area contributed by atoms with E-state index in [2.05, 4.69) is 330 Å². The van der Waals surface area contributed by atoms with Crippen LogP contribution in [0.1, 0.15) is 125 Å². The van der Waals surface area contributed by atoms with Crippen LogP contribution in [-0.4, -0.2) is 0 Å². The fraction of sp³-hybridized carbons (Fsp3) is 0.260. The molecule has 14 aromatic rings. The van der Waals surface area contributed by atoms with E-state index in [1.807, 2.05) is 105 Å². The number of aryl methyl sites for hydroxylation is 23. The molecule has 0 aliphatic rings. The summed E-state index contributed by atoms with van der Waals surface area (Å²) >= 11 is 0. The van der Waals surface area contributed by atoms with Gasteiger partial charge in [-0.1, -0.05) is 134 Å². The van der Waals surface area contributed by atoms with Crippen LogP contribution in [-0.2, 0) is 55.8 Å². The minimum absolute atomic E-state index is 0.379. The number of benzene rings is 7. The van der Waals surface area contributed by atoms with E-state index in [1.165, 1.54) is 112 Å². The van der Waals surface area contributed by atoms with E-state index in [1.54, 1.807) is 24.7 Å². The molecule has 7 heterocycles. The first-order valence-corrected chi connectivity index (χ1v) is 38.4. The van der Waals surface area contributed by atoms with E-state index in [-0.39, 0.29) is 0 Å². The van der Waals surface area contributed by atoms with Crippen molar-refractivity contribution >= 4 is 0 Å². The van der Waals surface area contributed by atoms with Gasteiger partial charge in [0.05, 0.1) is 0 Å². The molecule has 7 nitrogen and oxygen atoms in total.